The van der Waals surface area contributed by atoms with Crippen molar-refractivity contribution >= 4 is 16.7 Å². The van der Waals surface area contributed by atoms with E-state index in [9.17, 15) is 9.18 Å². The molecule has 0 radical (unpaired) electrons. The summed E-state index contributed by atoms with van der Waals surface area (Å²) in [6, 6.07) is 21.8. The highest BCUT2D eigenvalue weighted by Crippen LogP contribution is 2.25. The number of para-hydroxylation sites is 2. The predicted molar refractivity (Wildman–Crippen MR) is 113 cm³/mol. The number of rotatable bonds is 7. The quantitative estimate of drug-likeness (QED) is 0.297. The summed E-state index contributed by atoms with van der Waals surface area (Å²) in [5.74, 6) is 0.0930. The molecule has 29 heavy (non-hydrogen) atoms. The monoisotopic (exact) mass is 387 g/mol. The molecule has 1 aromatic heterocycles. The lowest BCUT2D eigenvalue weighted by molar-refractivity contribution is 0.103. The minimum absolute atomic E-state index is 0.0956. The molecule has 3 nitrogen and oxygen atoms in total. The van der Waals surface area contributed by atoms with E-state index in [0.717, 1.165) is 28.6 Å². The Morgan fingerprint density at radius 1 is 0.931 bits per heavy atom. The van der Waals surface area contributed by atoms with E-state index in [1.807, 2.05) is 66.2 Å². The number of ether oxygens (including phenoxy) is 1. The molecular formula is C25H22FNO2. The van der Waals surface area contributed by atoms with Crippen LogP contribution in [0.25, 0.3) is 10.9 Å². The van der Waals surface area contributed by atoms with E-state index >= 15 is 0 Å². The maximum atomic E-state index is 14.1. The minimum Gasteiger partial charge on any atom is -0.493 e. The van der Waals surface area contributed by atoms with Gasteiger partial charge in [-0.05, 0) is 43.2 Å². The van der Waals surface area contributed by atoms with Gasteiger partial charge in [-0.25, -0.2) is 4.39 Å². The van der Waals surface area contributed by atoms with Crippen molar-refractivity contribution in [3.63, 3.8) is 0 Å². The average Bonchev–Trinajstić information content (AvgIpc) is 3.11. The van der Waals surface area contributed by atoms with Crippen LogP contribution in [0.3, 0.4) is 0 Å². The van der Waals surface area contributed by atoms with E-state index in [2.05, 4.69) is 0 Å². The van der Waals surface area contributed by atoms with Crippen molar-refractivity contribution < 1.29 is 13.9 Å². The molecule has 0 amide bonds. The van der Waals surface area contributed by atoms with Crippen LogP contribution in [0.15, 0.2) is 79.0 Å². The Balaban J connectivity index is 1.54. The fourth-order valence-electron chi connectivity index (χ4n) is 3.54. The molecule has 4 rings (SSSR count). The fourth-order valence-corrected chi connectivity index (χ4v) is 3.54. The molecule has 0 fully saturated rings. The molecule has 0 unspecified atom stereocenters. The summed E-state index contributed by atoms with van der Waals surface area (Å²) in [4.78, 5) is 13.0. The van der Waals surface area contributed by atoms with E-state index in [-0.39, 0.29) is 11.3 Å². The maximum Gasteiger partial charge on any atom is 0.198 e. The number of carbonyl (C=O) groups is 1. The van der Waals surface area contributed by atoms with Crippen molar-refractivity contribution in [1.82, 2.24) is 4.57 Å². The van der Waals surface area contributed by atoms with Gasteiger partial charge in [0.05, 0.1) is 12.2 Å². The van der Waals surface area contributed by atoms with Crippen molar-refractivity contribution in [2.45, 2.75) is 19.9 Å². The largest absolute Gasteiger partial charge is 0.493 e. The lowest BCUT2D eigenvalue weighted by atomic mass is 10.0. The number of benzene rings is 3. The molecule has 146 valence electrons. The topological polar surface area (TPSA) is 31.2 Å². The predicted octanol–water partition coefficient (Wildman–Crippen LogP) is 5.79. The lowest BCUT2D eigenvalue weighted by Gasteiger charge is -2.09. The molecule has 4 heteroatoms. The zero-order valence-electron chi connectivity index (χ0n) is 16.3. The Morgan fingerprint density at radius 3 is 2.48 bits per heavy atom. The number of carbonyl (C=O) groups excluding carboxylic acids is 1. The first-order valence-corrected chi connectivity index (χ1v) is 9.70. The number of aryl methyl sites for hydroxylation is 2. The average molecular weight is 387 g/mol. The number of halogens is 1. The number of ketones is 1. The standard InChI is InChI=1S/C25H22FNO2/c1-18-9-2-7-14-24(18)29-16-8-15-27-17-21(19-10-4-6-13-23(19)27)25(28)20-11-3-5-12-22(20)26/h2-7,9-14,17H,8,15-16H2,1H3. The summed E-state index contributed by atoms with van der Waals surface area (Å²) >= 11 is 0. The van der Waals surface area contributed by atoms with Gasteiger partial charge in [-0.1, -0.05) is 48.5 Å². The third kappa shape index (κ3) is 3.92. The van der Waals surface area contributed by atoms with Crippen LogP contribution in [0.5, 0.6) is 5.75 Å². The molecule has 0 saturated carbocycles. The van der Waals surface area contributed by atoms with Crippen molar-refractivity contribution in [3.05, 3.63) is 102 Å². The Bertz CT molecular complexity index is 1160. The fraction of sp³-hybridized carbons (Fsp3) is 0.160. The number of aromatic nitrogens is 1. The highest BCUT2D eigenvalue weighted by atomic mass is 19.1. The van der Waals surface area contributed by atoms with Crippen molar-refractivity contribution in [1.29, 1.82) is 0 Å². The molecule has 0 saturated heterocycles. The van der Waals surface area contributed by atoms with Gasteiger partial charge < -0.3 is 9.30 Å². The molecule has 1 heterocycles. The third-order valence-corrected chi connectivity index (χ3v) is 5.05. The van der Waals surface area contributed by atoms with E-state index in [1.54, 1.807) is 12.1 Å². The van der Waals surface area contributed by atoms with Crippen LogP contribution in [0.1, 0.15) is 27.9 Å². The van der Waals surface area contributed by atoms with Crippen LogP contribution in [0, 0.1) is 12.7 Å². The lowest BCUT2D eigenvalue weighted by Crippen LogP contribution is -2.05. The van der Waals surface area contributed by atoms with Gasteiger partial charge in [0, 0.05) is 29.2 Å². The molecule has 0 aliphatic rings. The Hall–Kier alpha value is -3.40. The Labute approximate surface area is 169 Å². The summed E-state index contributed by atoms with van der Waals surface area (Å²) in [7, 11) is 0. The second-order valence-electron chi connectivity index (χ2n) is 7.03. The van der Waals surface area contributed by atoms with Crippen LogP contribution in [0.4, 0.5) is 4.39 Å². The maximum absolute atomic E-state index is 14.1. The van der Waals surface area contributed by atoms with Crippen molar-refractivity contribution in [2.75, 3.05) is 6.61 Å². The minimum atomic E-state index is -0.499. The number of fused-ring (bicyclic) bond motifs is 1. The zero-order valence-corrected chi connectivity index (χ0v) is 16.3. The van der Waals surface area contributed by atoms with Crippen LogP contribution in [0.2, 0.25) is 0 Å². The van der Waals surface area contributed by atoms with Gasteiger partial charge in [-0.3, -0.25) is 4.79 Å². The number of hydrogen-bond acceptors (Lipinski definition) is 2. The Kier molecular flexibility index (Phi) is 5.43. The van der Waals surface area contributed by atoms with Crippen LogP contribution < -0.4 is 4.74 Å². The molecule has 0 bridgehead atoms. The van der Waals surface area contributed by atoms with Gasteiger partial charge in [-0.15, -0.1) is 0 Å². The summed E-state index contributed by atoms with van der Waals surface area (Å²) < 4.78 is 22.1. The van der Waals surface area contributed by atoms with Gasteiger partial charge in [0.25, 0.3) is 0 Å². The van der Waals surface area contributed by atoms with Crippen LogP contribution >= 0.6 is 0 Å². The van der Waals surface area contributed by atoms with Crippen molar-refractivity contribution in [3.8, 4) is 5.75 Å². The summed E-state index contributed by atoms with van der Waals surface area (Å²) in [5.41, 5.74) is 2.68. The van der Waals surface area contributed by atoms with Gasteiger partial charge in [0.1, 0.15) is 11.6 Å². The highest BCUT2D eigenvalue weighted by Gasteiger charge is 2.19. The van der Waals surface area contributed by atoms with E-state index in [1.165, 1.54) is 12.1 Å². The molecule has 0 spiro atoms. The first-order valence-electron chi connectivity index (χ1n) is 9.70. The molecule has 0 aliphatic heterocycles. The number of hydrogen-bond donors (Lipinski definition) is 0. The zero-order chi connectivity index (χ0) is 20.2. The first kappa shape index (κ1) is 18.9. The van der Waals surface area contributed by atoms with Gasteiger partial charge >= 0.3 is 0 Å². The van der Waals surface area contributed by atoms with Gasteiger partial charge in [0.2, 0.25) is 0 Å². The summed E-state index contributed by atoms with van der Waals surface area (Å²) in [6.45, 7) is 3.31. The molecular weight excluding hydrogens is 365 g/mol. The summed E-state index contributed by atoms with van der Waals surface area (Å²) in [6.07, 6.45) is 2.62. The van der Waals surface area contributed by atoms with Crippen molar-refractivity contribution in [2.24, 2.45) is 0 Å². The normalized spacial score (nSPS) is 11.0. The molecule has 3 aromatic carbocycles. The Morgan fingerprint density at radius 2 is 1.66 bits per heavy atom. The van der Waals surface area contributed by atoms with E-state index in [4.69, 9.17) is 4.74 Å². The van der Waals surface area contributed by atoms with E-state index in [0.29, 0.717) is 18.7 Å². The number of nitrogens with zero attached hydrogens (tertiary/aromatic N) is 1. The molecule has 4 aromatic rings. The SMILES string of the molecule is Cc1ccccc1OCCCn1cc(C(=O)c2ccccc2F)c2ccccc21. The van der Waals surface area contributed by atoms with E-state index < -0.39 is 5.82 Å². The van der Waals surface area contributed by atoms with Crippen LogP contribution in [-0.4, -0.2) is 17.0 Å². The first-order chi connectivity index (χ1) is 14.1. The summed E-state index contributed by atoms with van der Waals surface area (Å²) in [5, 5.41) is 0.834. The molecule has 0 aliphatic carbocycles. The highest BCUT2D eigenvalue weighted by molar-refractivity contribution is 6.16. The second kappa shape index (κ2) is 8.31. The molecule has 0 atom stereocenters. The third-order valence-electron chi connectivity index (χ3n) is 5.05. The van der Waals surface area contributed by atoms with Crippen LogP contribution in [-0.2, 0) is 6.54 Å². The smallest absolute Gasteiger partial charge is 0.198 e. The second-order valence-corrected chi connectivity index (χ2v) is 7.03. The van der Waals surface area contributed by atoms with Gasteiger partial charge in [-0.2, -0.15) is 0 Å². The van der Waals surface area contributed by atoms with Gasteiger partial charge in [0.15, 0.2) is 5.78 Å². The molecule has 0 N–H and O–H groups in total.